The Morgan fingerprint density at radius 3 is 2.37 bits per heavy atom. The highest BCUT2D eigenvalue weighted by Gasteiger charge is 2.36. The third kappa shape index (κ3) is 6.45. The highest BCUT2D eigenvalue weighted by Crippen LogP contribution is 2.45. The van der Waals surface area contributed by atoms with Crippen LogP contribution in [0.2, 0.25) is 5.02 Å². The third-order valence-corrected chi connectivity index (χ3v) is 11.1. The van der Waals surface area contributed by atoms with Crippen molar-refractivity contribution in [3.8, 4) is 21.8 Å². The minimum atomic E-state index is -1.18. The maximum atomic E-state index is 12.7. The third-order valence-electron chi connectivity index (χ3n) is 9.71. The number of aryl methyl sites for hydroxylation is 2. The Bertz CT molecular complexity index is 2070. The lowest BCUT2D eigenvalue weighted by atomic mass is 9.83. The lowest BCUT2D eigenvalue weighted by Gasteiger charge is -2.48. The molecule has 5 aromatic rings. The van der Waals surface area contributed by atoms with Gasteiger partial charge in [0.15, 0.2) is 6.10 Å². The quantitative estimate of drug-likeness (QED) is 0.182. The molecule has 1 saturated carbocycles. The van der Waals surface area contributed by atoms with Crippen molar-refractivity contribution in [2.45, 2.75) is 84.0 Å². The Morgan fingerprint density at radius 2 is 1.73 bits per heavy atom. The summed E-state index contributed by atoms with van der Waals surface area (Å²) < 4.78 is 8.96. The molecule has 1 aliphatic heterocycles. The average molecular weight is 701 g/mol. The van der Waals surface area contributed by atoms with E-state index in [1.54, 1.807) is 6.92 Å². The SMILES string of the molecule is CC(=O)N1CN(C2CCC(c3nn(C)c4ccc(-c5nc6cc(C)c([C@H](OC(C)(C)C)C(=O)O)c(-c7ccc(Cl)cc7)c6s5)nc34)CC2)C1. The van der Waals surface area contributed by atoms with Gasteiger partial charge in [0, 0.05) is 42.1 Å². The Balaban J connectivity index is 1.27. The van der Waals surface area contributed by atoms with E-state index in [9.17, 15) is 14.7 Å². The zero-order valence-corrected chi connectivity index (χ0v) is 30.2. The number of hydrogen-bond donors (Lipinski definition) is 1. The number of thiazole rings is 1. The fraction of sp³-hybridized carbons (Fsp3) is 0.432. The minimum Gasteiger partial charge on any atom is -0.479 e. The molecule has 2 fully saturated rings. The normalized spacial score (nSPS) is 19.4. The molecule has 1 aliphatic carbocycles. The molecule has 0 unspecified atom stereocenters. The van der Waals surface area contributed by atoms with Crippen molar-refractivity contribution in [2.75, 3.05) is 13.3 Å². The summed E-state index contributed by atoms with van der Waals surface area (Å²) in [7, 11) is 1.97. The summed E-state index contributed by atoms with van der Waals surface area (Å²) in [6.07, 6.45) is 3.00. The molecule has 49 heavy (non-hydrogen) atoms. The van der Waals surface area contributed by atoms with Crippen LogP contribution in [0.3, 0.4) is 0 Å². The summed E-state index contributed by atoms with van der Waals surface area (Å²) in [5, 5.41) is 16.7. The number of rotatable bonds is 7. The van der Waals surface area contributed by atoms with Gasteiger partial charge >= 0.3 is 5.97 Å². The lowest BCUT2D eigenvalue weighted by molar-refractivity contribution is -0.160. The number of fused-ring (bicyclic) bond motifs is 2. The number of carbonyl (C=O) groups is 2. The molecule has 4 heterocycles. The van der Waals surface area contributed by atoms with E-state index >= 15 is 0 Å². The van der Waals surface area contributed by atoms with Gasteiger partial charge in [-0.15, -0.1) is 11.3 Å². The molecular weight excluding hydrogens is 660 g/mol. The summed E-state index contributed by atoms with van der Waals surface area (Å²) in [5.74, 6) is -0.609. The summed E-state index contributed by atoms with van der Waals surface area (Å²) in [6.45, 7) is 10.6. The largest absolute Gasteiger partial charge is 0.479 e. The zero-order valence-electron chi connectivity index (χ0n) is 28.7. The zero-order chi connectivity index (χ0) is 34.8. The molecule has 2 aromatic carbocycles. The summed E-state index contributed by atoms with van der Waals surface area (Å²) in [5.41, 5.74) is 6.74. The highest BCUT2D eigenvalue weighted by atomic mass is 35.5. The van der Waals surface area contributed by atoms with Crippen molar-refractivity contribution in [3.05, 3.63) is 64.3 Å². The second-order valence-electron chi connectivity index (χ2n) is 14.3. The first-order valence-corrected chi connectivity index (χ1v) is 17.9. The fourth-order valence-electron chi connectivity index (χ4n) is 7.25. The topological polar surface area (TPSA) is 114 Å². The van der Waals surface area contributed by atoms with Gasteiger partial charge in [-0.2, -0.15) is 5.10 Å². The van der Waals surface area contributed by atoms with Crippen molar-refractivity contribution in [1.29, 1.82) is 0 Å². The maximum Gasteiger partial charge on any atom is 0.337 e. The number of aliphatic carboxylic acids is 1. The van der Waals surface area contributed by atoms with Crippen LogP contribution in [0.25, 0.3) is 43.1 Å². The van der Waals surface area contributed by atoms with Crippen molar-refractivity contribution in [1.82, 2.24) is 29.5 Å². The number of halogens is 1. The number of hydrogen-bond acceptors (Lipinski definition) is 8. The van der Waals surface area contributed by atoms with Gasteiger partial charge in [0.05, 0.1) is 46.1 Å². The average Bonchev–Trinajstić information content (AvgIpc) is 3.59. The molecule has 0 bridgehead atoms. The van der Waals surface area contributed by atoms with Gasteiger partial charge < -0.3 is 14.7 Å². The van der Waals surface area contributed by atoms with E-state index in [4.69, 9.17) is 31.4 Å². The molecule has 3 aromatic heterocycles. The Labute approximate surface area is 294 Å². The maximum absolute atomic E-state index is 12.7. The van der Waals surface area contributed by atoms with E-state index in [2.05, 4.69) is 11.0 Å². The van der Waals surface area contributed by atoms with Crippen LogP contribution in [0, 0.1) is 6.92 Å². The number of benzene rings is 2. The van der Waals surface area contributed by atoms with Crippen LogP contribution in [-0.4, -0.2) is 71.5 Å². The molecule has 12 heteroatoms. The van der Waals surface area contributed by atoms with E-state index < -0.39 is 17.7 Å². The molecule has 256 valence electrons. The first-order chi connectivity index (χ1) is 23.3. The molecule has 1 atom stereocenters. The number of nitrogens with zero attached hydrogens (tertiary/aromatic N) is 6. The lowest BCUT2D eigenvalue weighted by Crippen LogP contribution is -2.60. The number of aromatic nitrogens is 4. The molecule has 0 radical (unpaired) electrons. The predicted octanol–water partition coefficient (Wildman–Crippen LogP) is 7.92. The standard InChI is InChI=1S/C37H41ClN6O4S/c1-20-17-27-34(30(22-7-11-24(38)12-8-22)29(20)33(36(46)47)48-37(3,4)5)49-35(40-27)26-15-16-28-32(39-26)31(41-42(28)6)23-9-13-25(14-10-23)44-18-43(19-44)21(2)45/h7-8,11-12,15-17,23,25,33H,9-10,13-14,18-19H2,1-6H3,(H,46,47)/t23?,25?,33-/m0/s1. The summed E-state index contributed by atoms with van der Waals surface area (Å²) in [6, 6.07) is 14.0. The molecule has 1 N–H and O–H groups in total. The van der Waals surface area contributed by atoms with E-state index in [0.29, 0.717) is 22.5 Å². The Morgan fingerprint density at radius 1 is 1.04 bits per heavy atom. The van der Waals surface area contributed by atoms with Crippen molar-refractivity contribution >= 4 is 56.1 Å². The summed E-state index contributed by atoms with van der Waals surface area (Å²) >= 11 is 7.78. The van der Waals surface area contributed by atoms with E-state index in [1.165, 1.54) is 11.3 Å². The molecular formula is C37H41ClN6O4S. The number of amides is 1. The fourth-order valence-corrected chi connectivity index (χ4v) is 8.47. The van der Waals surface area contributed by atoms with Crippen LogP contribution < -0.4 is 0 Å². The van der Waals surface area contributed by atoms with Gasteiger partial charge in [-0.25, -0.2) is 14.8 Å². The molecule has 1 saturated heterocycles. The van der Waals surface area contributed by atoms with Crippen LogP contribution in [0.4, 0.5) is 0 Å². The van der Waals surface area contributed by atoms with Crippen LogP contribution in [0.1, 0.15) is 82.2 Å². The van der Waals surface area contributed by atoms with Gasteiger partial charge in [0.2, 0.25) is 5.91 Å². The van der Waals surface area contributed by atoms with Crippen molar-refractivity contribution < 1.29 is 19.4 Å². The smallest absolute Gasteiger partial charge is 0.337 e. The van der Waals surface area contributed by atoms with Gasteiger partial charge in [0.25, 0.3) is 0 Å². The van der Waals surface area contributed by atoms with Gasteiger partial charge in [-0.1, -0.05) is 23.7 Å². The monoisotopic (exact) mass is 700 g/mol. The molecule has 0 spiro atoms. The Hall–Kier alpha value is -3.90. The predicted molar refractivity (Wildman–Crippen MR) is 193 cm³/mol. The van der Waals surface area contributed by atoms with Crippen LogP contribution in [0.15, 0.2) is 42.5 Å². The second-order valence-corrected chi connectivity index (χ2v) is 15.7. The number of carboxylic acids is 1. The van der Waals surface area contributed by atoms with Gasteiger partial charge in [-0.3, -0.25) is 14.4 Å². The van der Waals surface area contributed by atoms with E-state index in [0.717, 1.165) is 93.4 Å². The first-order valence-electron chi connectivity index (χ1n) is 16.7. The van der Waals surface area contributed by atoms with Crippen molar-refractivity contribution in [2.24, 2.45) is 7.05 Å². The number of carbonyl (C=O) groups excluding carboxylic acids is 1. The Kier molecular flexibility index (Phi) is 8.75. The molecule has 1 amide bonds. The molecule has 2 aliphatic rings. The number of pyridine rings is 1. The first kappa shape index (κ1) is 33.6. The summed E-state index contributed by atoms with van der Waals surface area (Å²) in [4.78, 5) is 38.9. The van der Waals surface area contributed by atoms with Crippen LogP contribution >= 0.6 is 22.9 Å². The van der Waals surface area contributed by atoms with Gasteiger partial charge in [-0.05, 0) is 94.8 Å². The van der Waals surface area contributed by atoms with Crippen LogP contribution in [-0.2, 0) is 21.4 Å². The van der Waals surface area contributed by atoms with Gasteiger partial charge in [0.1, 0.15) is 10.5 Å². The molecule has 10 nitrogen and oxygen atoms in total. The molecule has 7 rings (SSSR count). The minimum absolute atomic E-state index is 0.135. The van der Waals surface area contributed by atoms with Crippen molar-refractivity contribution in [3.63, 3.8) is 0 Å². The number of carboxylic acid groups (broad SMARTS) is 1. The second kappa shape index (κ2) is 12.8. The van der Waals surface area contributed by atoms with Crippen LogP contribution in [0.5, 0.6) is 0 Å². The number of ether oxygens (including phenoxy) is 1. The van der Waals surface area contributed by atoms with E-state index in [-0.39, 0.29) is 5.91 Å². The highest BCUT2D eigenvalue weighted by molar-refractivity contribution is 7.22. The van der Waals surface area contributed by atoms with E-state index in [1.807, 2.05) is 80.7 Å².